The van der Waals surface area contributed by atoms with Gasteiger partial charge in [-0.05, 0) is 19.9 Å². The fourth-order valence-electron chi connectivity index (χ4n) is 1.77. The third kappa shape index (κ3) is 4.31. The topological polar surface area (TPSA) is 74.2 Å². The van der Waals surface area contributed by atoms with Gasteiger partial charge in [0.1, 0.15) is 0 Å². The van der Waals surface area contributed by atoms with Crippen LogP contribution in [0.25, 0.3) is 0 Å². The van der Waals surface area contributed by atoms with Gasteiger partial charge in [0.05, 0.1) is 18.9 Å². The van der Waals surface area contributed by atoms with E-state index in [0.29, 0.717) is 0 Å². The predicted molar refractivity (Wildman–Crippen MR) is 77.7 cm³/mol. The first kappa shape index (κ1) is 17.2. The molecule has 1 rings (SSSR count). The standard InChI is InChI=1S/C15H23NO5/c1-6-19-12(17)8-9-15(13(18)20-7-2)10-11(16-21-15)14(3,4)5/h8-9H,6-7,10H2,1-5H3/b9-8+. The van der Waals surface area contributed by atoms with Gasteiger partial charge in [-0.2, -0.15) is 0 Å². The third-order valence-corrected chi connectivity index (χ3v) is 3.01. The fourth-order valence-corrected chi connectivity index (χ4v) is 1.77. The number of hydrogen-bond acceptors (Lipinski definition) is 6. The minimum Gasteiger partial charge on any atom is -0.463 e. The van der Waals surface area contributed by atoms with E-state index >= 15 is 0 Å². The van der Waals surface area contributed by atoms with Gasteiger partial charge >= 0.3 is 11.9 Å². The van der Waals surface area contributed by atoms with Crippen molar-refractivity contribution in [3.8, 4) is 0 Å². The van der Waals surface area contributed by atoms with E-state index in [2.05, 4.69) is 5.16 Å². The predicted octanol–water partition coefficient (Wildman–Crippen LogP) is 2.23. The second kappa shape index (κ2) is 6.74. The Kier molecular flexibility index (Phi) is 5.52. The molecule has 21 heavy (non-hydrogen) atoms. The number of rotatable bonds is 5. The summed E-state index contributed by atoms with van der Waals surface area (Å²) in [5, 5.41) is 4.00. The summed E-state index contributed by atoms with van der Waals surface area (Å²) in [7, 11) is 0. The molecule has 0 aliphatic carbocycles. The Hall–Kier alpha value is -1.85. The molecule has 1 unspecified atom stereocenters. The molecule has 0 aromatic carbocycles. The van der Waals surface area contributed by atoms with E-state index in [1.165, 1.54) is 12.2 Å². The van der Waals surface area contributed by atoms with Gasteiger partial charge < -0.3 is 14.3 Å². The molecule has 0 bridgehead atoms. The Morgan fingerprint density at radius 1 is 1.29 bits per heavy atom. The average molecular weight is 297 g/mol. The third-order valence-electron chi connectivity index (χ3n) is 3.01. The average Bonchev–Trinajstić information content (AvgIpc) is 2.83. The molecule has 0 saturated carbocycles. The largest absolute Gasteiger partial charge is 0.463 e. The van der Waals surface area contributed by atoms with Crippen LogP contribution in [-0.2, 0) is 23.9 Å². The number of ether oxygens (including phenoxy) is 2. The molecule has 0 fully saturated rings. The molecule has 0 amide bonds. The summed E-state index contributed by atoms with van der Waals surface area (Å²) >= 11 is 0. The van der Waals surface area contributed by atoms with Crippen LogP contribution in [0.5, 0.6) is 0 Å². The van der Waals surface area contributed by atoms with Crippen LogP contribution in [0.1, 0.15) is 41.0 Å². The lowest BCUT2D eigenvalue weighted by Gasteiger charge is -2.22. The van der Waals surface area contributed by atoms with Crippen LogP contribution >= 0.6 is 0 Å². The quantitative estimate of drug-likeness (QED) is 0.574. The molecule has 6 nitrogen and oxygen atoms in total. The van der Waals surface area contributed by atoms with Crippen molar-refractivity contribution in [3.05, 3.63) is 12.2 Å². The number of nitrogens with zero attached hydrogens (tertiary/aromatic N) is 1. The van der Waals surface area contributed by atoms with E-state index in [0.717, 1.165) is 5.71 Å². The second-order valence-corrected chi connectivity index (χ2v) is 5.75. The number of oxime groups is 1. The lowest BCUT2D eigenvalue weighted by molar-refractivity contribution is -0.163. The Bertz CT molecular complexity index is 461. The Morgan fingerprint density at radius 2 is 1.90 bits per heavy atom. The summed E-state index contributed by atoms with van der Waals surface area (Å²) in [4.78, 5) is 29.0. The number of hydrogen-bond donors (Lipinski definition) is 0. The first-order chi connectivity index (χ1) is 9.75. The Labute approximate surface area is 125 Å². The van der Waals surface area contributed by atoms with Crippen molar-refractivity contribution < 1.29 is 23.9 Å². The van der Waals surface area contributed by atoms with Crippen LogP contribution in [0.2, 0.25) is 0 Å². The van der Waals surface area contributed by atoms with E-state index in [1.807, 2.05) is 20.8 Å². The zero-order valence-corrected chi connectivity index (χ0v) is 13.3. The highest BCUT2D eigenvalue weighted by Gasteiger charge is 2.48. The van der Waals surface area contributed by atoms with Crippen molar-refractivity contribution in [3.63, 3.8) is 0 Å². The summed E-state index contributed by atoms with van der Waals surface area (Å²) < 4.78 is 9.85. The molecule has 0 spiro atoms. The van der Waals surface area contributed by atoms with Crippen molar-refractivity contribution in [2.75, 3.05) is 13.2 Å². The van der Waals surface area contributed by atoms with Crippen LogP contribution in [-0.4, -0.2) is 36.5 Å². The Morgan fingerprint density at radius 3 is 2.38 bits per heavy atom. The van der Waals surface area contributed by atoms with Gasteiger partial charge in [0.25, 0.3) is 5.60 Å². The van der Waals surface area contributed by atoms with E-state index < -0.39 is 17.5 Å². The van der Waals surface area contributed by atoms with Crippen molar-refractivity contribution in [2.24, 2.45) is 10.6 Å². The molecular formula is C15H23NO5. The summed E-state index contributed by atoms with van der Waals surface area (Å²) in [6.45, 7) is 9.84. The van der Waals surface area contributed by atoms with Gasteiger partial charge in [0, 0.05) is 17.9 Å². The highest BCUT2D eigenvalue weighted by molar-refractivity contribution is 5.98. The van der Waals surface area contributed by atoms with Crippen LogP contribution in [0.15, 0.2) is 17.3 Å². The van der Waals surface area contributed by atoms with Crippen LogP contribution in [0, 0.1) is 5.41 Å². The molecule has 1 aliphatic rings. The van der Waals surface area contributed by atoms with Crippen molar-refractivity contribution in [1.29, 1.82) is 0 Å². The molecular weight excluding hydrogens is 274 g/mol. The van der Waals surface area contributed by atoms with Crippen molar-refractivity contribution in [1.82, 2.24) is 0 Å². The second-order valence-electron chi connectivity index (χ2n) is 5.75. The summed E-state index contributed by atoms with van der Waals surface area (Å²) in [5.74, 6) is -1.09. The van der Waals surface area contributed by atoms with E-state index in [-0.39, 0.29) is 25.0 Å². The maximum Gasteiger partial charge on any atom is 0.357 e. The SMILES string of the molecule is CCOC(=O)/C=C/C1(C(=O)OCC)CC(C(C)(C)C)=NO1. The monoisotopic (exact) mass is 297 g/mol. The van der Waals surface area contributed by atoms with Gasteiger partial charge in [0.15, 0.2) is 0 Å². The Balaban J connectivity index is 2.95. The first-order valence-electron chi connectivity index (χ1n) is 7.04. The summed E-state index contributed by atoms with van der Waals surface area (Å²) in [6.07, 6.45) is 2.80. The van der Waals surface area contributed by atoms with Crippen LogP contribution < -0.4 is 0 Å². The zero-order chi connectivity index (χ0) is 16.1. The van der Waals surface area contributed by atoms with Gasteiger partial charge in [-0.25, -0.2) is 9.59 Å². The van der Waals surface area contributed by atoms with Gasteiger partial charge in [0.2, 0.25) is 0 Å². The minimum absolute atomic E-state index is 0.224. The number of esters is 2. The fraction of sp³-hybridized carbons (Fsp3) is 0.667. The van der Waals surface area contributed by atoms with Gasteiger partial charge in [-0.15, -0.1) is 0 Å². The summed E-state index contributed by atoms with van der Waals surface area (Å²) in [5.41, 5.74) is -0.874. The minimum atomic E-state index is -1.38. The molecule has 6 heteroatoms. The van der Waals surface area contributed by atoms with Crippen molar-refractivity contribution in [2.45, 2.75) is 46.6 Å². The molecule has 1 atom stereocenters. The summed E-state index contributed by atoms with van der Waals surface area (Å²) in [6, 6.07) is 0. The van der Waals surface area contributed by atoms with Crippen molar-refractivity contribution >= 4 is 17.7 Å². The molecule has 0 aromatic rings. The first-order valence-corrected chi connectivity index (χ1v) is 7.04. The molecule has 0 aromatic heterocycles. The van der Waals surface area contributed by atoms with E-state index in [1.54, 1.807) is 13.8 Å². The van der Waals surface area contributed by atoms with E-state index in [9.17, 15) is 9.59 Å². The van der Waals surface area contributed by atoms with E-state index in [4.69, 9.17) is 14.3 Å². The van der Waals surface area contributed by atoms with Crippen LogP contribution in [0.4, 0.5) is 0 Å². The zero-order valence-electron chi connectivity index (χ0n) is 13.3. The highest BCUT2D eigenvalue weighted by Crippen LogP contribution is 2.34. The number of carbonyl (C=O) groups excluding carboxylic acids is 2. The molecule has 0 saturated heterocycles. The van der Waals surface area contributed by atoms with Gasteiger partial charge in [-0.3, -0.25) is 0 Å². The lowest BCUT2D eigenvalue weighted by Crippen LogP contribution is -2.40. The molecule has 0 N–H and O–H groups in total. The maximum absolute atomic E-state index is 12.2. The molecule has 118 valence electrons. The normalized spacial score (nSPS) is 21.9. The molecule has 1 heterocycles. The van der Waals surface area contributed by atoms with Crippen LogP contribution in [0.3, 0.4) is 0 Å². The number of carbonyl (C=O) groups is 2. The maximum atomic E-state index is 12.2. The lowest BCUT2D eigenvalue weighted by atomic mass is 9.83. The van der Waals surface area contributed by atoms with Gasteiger partial charge in [-0.1, -0.05) is 25.9 Å². The smallest absolute Gasteiger partial charge is 0.357 e. The highest BCUT2D eigenvalue weighted by atomic mass is 16.7. The molecule has 0 radical (unpaired) electrons. The molecule has 1 aliphatic heterocycles.